The molecule has 1 aliphatic heterocycles. The fourth-order valence-electron chi connectivity index (χ4n) is 4.08. The van der Waals surface area contributed by atoms with Crippen LogP contribution in [0.4, 0.5) is 11.4 Å². The van der Waals surface area contributed by atoms with E-state index in [9.17, 15) is 4.79 Å². The van der Waals surface area contributed by atoms with E-state index in [-0.39, 0.29) is 5.91 Å². The normalized spacial score (nSPS) is 14.1. The average Bonchev–Trinajstić information content (AvgIpc) is 3.20. The maximum Gasteiger partial charge on any atom is 0.258 e. The molecule has 0 fully saturated rings. The molecule has 0 saturated heterocycles. The van der Waals surface area contributed by atoms with E-state index in [1.54, 1.807) is 26.4 Å². The quantitative estimate of drug-likeness (QED) is 0.353. The van der Waals surface area contributed by atoms with Crippen molar-refractivity contribution >= 4 is 40.2 Å². The van der Waals surface area contributed by atoms with Crippen molar-refractivity contribution in [3.05, 3.63) is 94.5 Å². The number of anilines is 2. The molecule has 7 heteroatoms. The van der Waals surface area contributed by atoms with E-state index < -0.39 is 0 Å². The summed E-state index contributed by atoms with van der Waals surface area (Å²) in [7, 11) is 3.43. The van der Waals surface area contributed by atoms with Crippen LogP contribution in [-0.4, -0.2) is 51.3 Å². The lowest BCUT2D eigenvalue weighted by atomic mass is 10.00. The lowest BCUT2D eigenvalue weighted by molar-refractivity contribution is -0.110. The molecule has 0 radical (unpaired) electrons. The van der Waals surface area contributed by atoms with Crippen molar-refractivity contribution in [2.24, 2.45) is 0 Å². The van der Waals surface area contributed by atoms with Crippen molar-refractivity contribution < 1.29 is 14.3 Å². The number of rotatable bonds is 11. The summed E-state index contributed by atoms with van der Waals surface area (Å²) >= 11 is 6.15. The lowest BCUT2D eigenvalue weighted by Gasteiger charge is -2.22. The Labute approximate surface area is 211 Å². The predicted octanol–water partition coefficient (Wildman–Crippen LogP) is 5.37. The Morgan fingerprint density at radius 1 is 0.943 bits per heavy atom. The highest BCUT2D eigenvalue weighted by molar-refractivity contribution is 6.38. The number of hydrogen-bond acceptors (Lipinski definition) is 5. The number of nitrogens with one attached hydrogen (secondary N) is 2. The molecule has 3 aromatic carbocycles. The van der Waals surface area contributed by atoms with Gasteiger partial charge in [-0.15, -0.1) is 0 Å². The Kier molecular flexibility index (Phi) is 8.55. The van der Waals surface area contributed by atoms with Gasteiger partial charge in [-0.25, -0.2) is 0 Å². The first-order valence-electron chi connectivity index (χ1n) is 11.6. The molecule has 1 heterocycles. The third kappa shape index (κ3) is 6.29. The van der Waals surface area contributed by atoms with Crippen molar-refractivity contribution in [2.75, 3.05) is 51.2 Å². The summed E-state index contributed by atoms with van der Waals surface area (Å²) in [5, 5.41) is 7.03. The van der Waals surface area contributed by atoms with Crippen LogP contribution >= 0.6 is 11.6 Å². The summed E-state index contributed by atoms with van der Waals surface area (Å²) in [4.78, 5) is 15.3. The van der Waals surface area contributed by atoms with E-state index in [1.165, 1.54) is 5.56 Å². The van der Waals surface area contributed by atoms with Crippen molar-refractivity contribution in [3.63, 3.8) is 0 Å². The molecule has 6 nitrogen and oxygen atoms in total. The zero-order chi connectivity index (χ0) is 24.6. The molecule has 4 rings (SSSR count). The van der Waals surface area contributed by atoms with Gasteiger partial charge in [0.15, 0.2) is 0 Å². The smallest absolute Gasteiger partial charge is 0.258 e. The second-order valence-corrected chi connectivity index (χ2v) is 8.78. The van der Waals surface area contributed by atoms with Crippen molar-refractivity contribution in [1.29, 1.82) is 0 Å². The number of carbonyl (C=O) groups is 1. The standard InChI is InChI=1S/C28H30ClN3O3/c1-34-16-14-32(15-17-35-2)19-20-8-11-23(12-9-20)30-27(21-6-4-3-5-7-21)26-24-13-10-22(29)18-25(24)31-28(26)33/h3-13,18,30H,14-17,19H2,1-2H3,(H,31,33)/b27-26-. The Bertz CT molecular complexity index is 1170. The lowest BCUT2D eigenvalue weighted by Crippen LogP contribution is -2.30. The van der Waals surface area contributed by atoms with Crippen molar-refractivity contribution in [1.82, 2.24) is 4.90 Å². The molecule has 0 saturated carbocycles. The van der Waals surface area contributed by atoms with Gasteiger partial charge in [-0.1, -0.05) is 60.1 Å². The summed E-state index contributed by atoms with van der Waals surface area (Å²) in [6.07, 6.45) is 0. The van der Waals surface area contributed by atoms with Crippen LogP contribution in [0.5, 0.6) is 0 Å². The van der Waals surface area contributed by atoms with E-state index in [1.807, 2.05) is 48.5 Å². The molecule has 3 aromatic rings. The van der Waals surface area contributed by atoms with Crippen LogP contribution in [0.3, 0.4) is 0 Å². The minimum atomic E-state index is -0.155. The van der Waals surface area contributed by atoms with Gasteiger partial charge in [0.05, 0.1) is 30.2 Å². The maximum absolute atomic E-state index is 13.0. The maximum atomic E-state index is 13.0. The van der Waals surface area contributed by atoms with Crippen molar-refractivity contribution in [2.45, 2.75) is 6.54 Å². The molecule has 2 N–H and O–H groups in total. The van der Waals surface area contributed by atoms with Crippen molar-refractivity contribution in [3.8, 4) is 0 Å². The number of halogens is 1. The Hall–Kier alpha value is -3.16. The third-order valence-electron chi connectivity index (χ3n) is 5.89. The number of carbonyl (C=O) groups excluding carboxylic acids is 1. The minimum Gasteiger partial charge on any atom is -0.383 e. The number of nitrogens with zero attached hydrogens (tertiary/aromatic N) is 1. The second kappa shape index (κ2) is 12.0. The zero-order valence-electron chi connectivity index (χ0n) is 20.0. The molecule has 0 aliphatic carbocycles. The molecule has 35 heavy (non-hydrogen) atoms. The topological polar surface area (TPSA) is 62.8 Å². The molecule has 1 aliphatic rings. The van der Waals surface area contributed by atoms with Crippen LogP contribution < -0.4 is 10.6 Å². The number of fused-ring (bicyclic) bond motifs is 1. The number of ether oxygens (including phenoxy) is 2. The molecule has 1 amide bonds. The highest BCUT2D eigenvalue weighted by Crippen LogP contribution is 2.38. The first kappa shape index (κ1) is 24.9. The van der Waals surface area contributed by atoms with Crippen LogP contribution in [0.2, 0.25) is 5.02 Å². The average molecular weight is 492 g/mol. The summed E-state index contributed by atoms with van der Waals surface area (Å²) in [6.45, 7) is 3.82. The van der Waals surface area contributed by atoms with Crippen LogP contribution in [0.15, 0.2) is 72.8 Å². The monoisotopic (exact) mass is 491 g/mol. The van der Waals surface area contributed by atoms with Crippen LogP contribution in [0, 0.1) is 0 Å². The van der Waals surface area contributed by atoms with Crippen LogP contribution in [-0.2, 0) is 20.8 Å². The van der Waals surface area contributed by atoms with E-state index >= 15 is 0 Å². The molecular weight excluding hydrogens is 462 g/mol. The van der Waals surface area contributed by atoms with E-state index in [2.05, 4.69) is 27.7 Å². The Balaban J connectivity index is 1.61. The highest BCUT2D eigenvalue weighted by Gasteiger charge is 2.28. The molecule has 0 aromatic heterocycles. The molecular formula is C28H30ClN3O3. The van der Waals surface area contributed by atoms with Gasteiger partial charge < -0.3 is 20.1 Å². The van der Waals surface area contributed by atoms with Gasteiger partial charge in [0.25, 0.3) is 5.91 Å². The molecule has 0 spiro atoms. The molecule has 0 atom stereocenters. The van der Waals surface area contributed by atoms with Crippen LogP contribution in [0.25, 0.3) is 11.3 Å². The second-order valence-electron chi connectivity index (χ2n) is 8.34. The summed E-state index contributed by atoms with van der Waals surface area (Å²) in [5.74, 6) is -0.155. The van der Waals surface area contributed by atoms with E-state index in [0.29, 0.717) is 23.8 Å². The SMILES string of the molecule is COCCN(CCOC)Cc1ccc(N/C(=C2\C(=O)Nc3cc(Cl)ccc32)c2ccccc2)cc1. The highest BCUT2D eigenvalue weighted by atomic mass is 35.5. The van der Waals surface area contributed by atoms with Gasteiger partial charge in [-0.05, 0) is 35.4 Å². The summed E-state index contributed by atoms with van der Waals surface area (Å²) in [6, 6.07) is 23.6. The Morgan fingerprint density at radius 2 is 1.63 bits per heavy atom. The fraction of sp³-hybridized carbons (Fsp3) is 0.250. The number of methoxy groups -OCH3 is 2. The minimum absolute atomic E-state index is 0.155. The van der Waals surface area contributed by atoms with Crippen LogP contribution in [0.1, 0.15) is 16.7 Å². The summed E-state index contributed by atoms with van der Waals surface area (Å²) in [5.41, 5.74) is 5.90. The predicted molar refractivity (Wildman–Crippen MR) is 142 cm³/mol. The zero-order valence-corrected chi connectivity index (χ0v) is 20.8. The first-order valence-corrected chi connectivity index (χ1v) is 11.9. The third-order valence-corrected chi connectivity index (χ3v) is 6.13. The van der Waals surface area contributed by atoms with Gasteiger partial charge >= 0.3 is 0 Å². The van der Waals surface area contributed by atoms with Gasteiger partial charge in [0.2, 0.25) is 0 Å². The number of amides is 1. The Morgan fingerprint density at radius 3 is 2.29 bits per heavy atom. The van der Waals surface area contributed by atoms with Gasteiger partial charge in [0.1, 0.15) is 0 Å². The van der Waals surface area contributed by atoms with Gasteiger partial charge in [0, 0.05) is 50.1 Å². The molecule has 0 unspecified atom stereocenters. The molecule has 0 bridgehead atoms. The van der Waals surface area contributed by atoms with Gasteiger partial charge in [-0.2, -0.15) is 0 Å². The van der Waals surface area contributed by atoms with E-state index in [4.69, 9.17) is 21.1 Å². The molecule has 182 valence electrons. The largest absolute Gasteiger partial charge is 0.383 e. The fourth-order valence-corrected chi connectivity index (χ4v) is 4.26. The van der Waals surface area contributed by atoms with E-state index in [0.717, 1.165) is 47.8 Å². The summed E-state index contributed by atoms with van der Waals surface area (Å²) < 4.78 is 10.5. The first-order chi connectivity index (χ1) is 17.1. The van der Waals surface area contributed by atoms with Gasteiger partial charge in [-0.3, -0.25) is 9.69 Å². The number of hydrogen-bond donors (Lipinski definition) is 2. The number of benzene rings is 3.